The quantitative estimate of drug-likeness (QED) is 0.592. The standard InChI is InChI=1S/C13H11FINO4/c1-3-19-13(17)11-10(15)12(20-16-11)8-5-4-7(18-2)6-9(8)14/h4-6H,3H2,1-2H3. The molecule has 0 aliphatic rings. The molecule has 0 saturated carbocycles. The van der Waals surface area contributed by atoms with Crippen LogP contribution in [0.5, 0.6) is 5.75 Å². The zero-order chi connectivity index (χ0) is 14.7. The fraction of sp³-hybridized carbons (Fsp3) is 0.231. The number of nitrogens with zero attached hydrogens (tertiary/aromatic N) is 1. The van der Waals surface area contributed by atoms with E-state index >= 15 is 0 Å². The predicted molar refractivity (Wildman–Crippen MR) is 77.1 cm³/mol. The molecule has 0 N–H and O–H groups in total. The molecule has 0 bridgehead atoms. The lowest BCUT2D eigenvalue weighted by molar-refractivity contribution is 0.0513. The lowest BCUT2D eigenvalue weighted by atomic mass is 10.1. The molecule has 0 aliphatic carbocycles. The average molecular weight is 391 g/mol. The van der Waals surface area contributed by atoms with Crippen molar-refractivity contribution in [2.75, 3.05) is 13.7 Å². The van der Waals surface area contributed by atoms with Crippen LogP contribution in [0, 0.1) is 9.39 Å². The second-order valence-electron chi connectivity index (χ2n) is 3.74. The van der Waals surface area contributed by atoms with Gasteiger partial charge < -0.3 is 14.0 Å². The van der Waals surface area contributed by atoms with Crippen molar-refractivity contribution in [2.24, 2.45) is 0 Å². The number of hydrogen-bond donors (Lipinski definition) is 0. The van der Waals surface area contributed by atoms with Gasteiger partial charge in [0.05, 0.1) is 22.9 Å². The van der Waals surface area contributed by atoms with Crippen molar-refractivity contribution in [2.45, 2.75) is 6.92 Å². The molecule has 20 heavy (non-hydrogen) atoms. The van der Waals surface area contributed by atoms with Gasteiger partial charge in [-0.3, -0.25) is 0 Å². The lowest BCUT2D eigenvalue weighted by Gasteiger charge is -2.03. The molecule has 1 aromatic carbocycles. The number of rotatable bonds is 4. The van der Waals surface area contributed by atoms with E-state index in [1.165, 1.54) is 19.2 Å². The molecule has 1 heterocycles. The molecule has 0 fully saturated rings. The highest BCUT2D eigenvalue weighted by Crippen LogP contribution is 2.31. The topological polar surface area (TPSA) is 61.6 Å². The molecule has 0 unspecified atom stereocenters. The number of carbonyl (C=O) groups excluding carboxylic acids is 1. The average Bonchev–Trinajstić information content (AvgIpc) is 2.80. The van der Waals surface area contributed by atoms with Gasteiger partial charge in [-0.1, -0.05) is 5.16 Å². The van der Waals surface area contributed by atoms with Crippen LogP contribution in [-0.2, 0) is 4.74 Å². The smallest absolute Gasteiger partial charge is 0.361 e. The minimum atomic E-state index is -0.596. The van der Waals surface area contributed by atoms with Crippen LogP contribution < -0.4 is 4.74 Å². The summed E-state index contributed by atoms with van der Waals surface area (Å²) in [5.41, 5.74) is 0.246. The van der Waals surface area contributed by atoms with Crippen molar-refractivity contribution >= 4 is 28.6 Å². The second kappa shape index (κ2) is 6.21. The molecule has 2 aromatic rings. The van der Waals surface area contributed by atoms with Gasteiger partial charge in [-0.25, -0.2) is 9.18 Å². The summed E-state index contributed by atoms with van der Waals surface area (Å²) in [4.78, 5) is 11.6. The minimum absolute atomic E-state index is 0.0395. The molecule has 0 atom stereocenters. The normalized spacial score (nSPS) is 10.4. The summed E-state index contributed by atoms with van der Waals surface area (Å²) in [5, 5.41) is 3.64. The van der Waals surface area contributed by atoms with E-state index in [0.717, 1.165) is 0 Å². The lowest BCUT2D eigenvalue weighted by Crippen LogP contribution is -2.06. The van der Waals surface area contributed by atoms with E-state index in [1.807, 2.05) is 22.6 Å². The Hall–Kier alpha value is -1.64. The summed E-state index contributed by atoms with van der Waals surface area (Å²) in [6.07, 6.45) is 0. The minimum Gasteiger partial charge on any atom is -0.497 e. The first-order chi connectivity index (χ1) is 9.58. The van der Waals surface area contributed by atoms with Crippen molar-refractivity contribution in [1.29, 1.82) is 0 Å². The molecule has 2 rings (SSSR count). The van der Waals surface area contributed by atoms with Crippen LogP contribution in [0.15, 0.2) is 22.7 Å². The Labute approximate surface area is 128 Å². The van der Waals surface area contributed by atoms with Crippen LogP contribution in [0.1, 0.15) is 17.4 Å². The first-order valence-corrected chi connectivity index (χ1v) is 6.82. The zero-order valence-corrected chi connectivity index (χ0v) is 12.9. The molecule has 7 heteroatoms. The molecular formula is C13H11FINO4. The summed E-state index contributed by atoms with van der Waals surface area (Å²) in [7, 11) is 1.45. The SMILES string of the molecule is CCOC(=O)c1noc(-c2ccc(OC)cc2F)c1I. The number of benzene rings is 1. The van der Waals surface area contributed by atoms with Gasteiger partial charge in [-0.15, -0.1) is 0 Å². The summed E-state index contributed by atoms with van der Waals surface area (Å²) >= 11 is 1.87. The van der Waals surface area contributed by atoms with Crippen LogP contribution in [0.2, 0.25) is 0 Å². The van der Waals surface area contributed by atoms with Gasteiger partial charge in [0.25, 0.3) is 0 Å². The van der Waals surface area contributed by atoms with Crippen LogP contribution in [0.3, 0.4) is 0 Å². The molecule has 0 radical (unpaired) electrons. The molecule has 1 aromatic heterocycles. The molecule has 106 valence electrons. The zero-order valence-electron chi connectivity index (χ0n) is 10.8. The fourth-order valence-corrected chi connectivity index (χ4v) is 2.29. The van der Waals surface area contributed by atoms with Gasteiger partial charge in [0, 0.05) is 6.07 Å². The Kier molecular flexibility index (Phi) is 4.58. The van der Waals surface area contributed by atoms with E-state index in [2.05, 4.69) is 5.16 Å². The third-order valence-electron chi connectivity index (χ3n) is 2.53. The Bertz CT molecular complexity index is 641. The van der Waals surface area contributed by atoms with Gasteiger partial charge in [0.2, 0.25) is 5.69 Å². The Balaban J connectivity index is 2.42. The van der Waals surface area contributed by atoms with E-state index in [9.17, 15) is 9.18 Å². The van der Waals surface area contributed by atoms with Crippen molar-refractivity contribution in [3.05, 3.63) is 33.3 Å². The molecule has 0 aliphatic heterocycles. The predicted octanol–water partition coefficient (Wildman–Crippen LogP) is 3.27. The van der Waals surface area contributed by atoms with Crippen molar-refractivity contribution in [1.82, 2.24) is 5.16 Å². The second-order valence-corrected chi connectivity index (χ2v) is 4.82. The summed E-state index contributed by atoms with van der Waals surface area (Å²) < 4.78 is 29.2. The summed E-state index contributed by atoms with van der Waals surface area (Å²) in [6.45, 7) is 1.92. The maximum absolute atomic E-state index is 14.0. The van der Waals surface area contributed by atoms with Gasteiger partial charge >= 0.3 is 5.97 Å². The van der Waals surface area contributed by atoms with Gasteiger partial charge in [-0.2, -0.15) is 0 Å². The molecule has 0 amide bonds. The van der Waals surface area contributed by atoms with Crippen LogP contribution in [-0.4, -0.2) is 24.8 Å². The van der Waals surface area contributed by atoms with Crippen molar-refractivity contribution in [3.8, 4) is 17.1 Å². The van der Waals surface area contributed by atoms with Crippen molar-refractivity contribution < 1.29 is 23.2 Å². The monoisotopic (exact) mass is 391 g/mol. The number of aromatic nitrogens is 1. The van der Waals surface area contributed by atoms with Crippen LogP contribution in [0.4, 0.5) is 4.39 Å². The van der Waals surface area contributed by atoms with Crippen LogP contribution in [0.25, 0.3) is 11.3 Å². The van der Waals surface area contributed by atoms with E-state index < -0.39 is 11.8 Å². The van der Waals surface area contributed by atoms with E-state index in [1.54, 1.807) is 13.0 Å². The van der Waals surface area contributed by atoms with Gasteiger partial charge in [-0.05, 0) is 41.6 Å². The van der Waals surface area contributed by atoms with E-state index in [-0.39, 0.29) is 23.6 Å². The Morgan fingerprint density at radius 1 is 1.50 bits per heavy atom. The first kappa shape index (κ1) is 14.8. The van der Waals surface area contributed by atoms with E-state index in [0.29, 0.717) is 9.32 Å². The highest BCUT2D eigenvalue weighted by atomic mass is 127. The van der Waals surface area contributed by atoms with Gasteiger partial charge in [0.1, 0.15) is 11.6 Å². The summed E-state index contributed by atoms with van der Waals surface area (Å²) in [5.74, 6) is -0.533. The number of esters is 1. The summed E-state index contributed by atoms with van der Waals surface area (Å²) in [6, 6.07) is 4.34. The van der Waals surface area contributed by atoms with Crippen LogP contribution >= 0.6 is 22.6 Å². The van der Waals surface area contributed by atoms with E-state index in [4.69, 9.17) is 14.0 Å². The van der Waals surface area contributed by atoms with Crippen molar-refractivity contribution in [3.63, 3.8) is 0 Å². The highest BCUT2D eigenvalue weighted by molar-refractivity contribution is 14.1. The Morgan fingerprint density at radius 3 is 2.85 bits per heavy atom. The number of hydrogen-bond acceptors (Lipinski definition) is 5. The fourth-order valence-electron chi connectivity index (χ4n) is 1.58. The third kappa shape index (κ3) is 2.77. The molecule has 5 nitrogen and oxygen atoms in total. The first-order valence-electron chi connectivity index (χ1n) is 5.74. The maximum atomic E-state index is 14.0. The number of halogens is 2. The highest BCUT2D eigenvalue weighted by Gasteiger charge is 2.23. The molecular weight excluding hydrogens is 380 g/mol. The van der Waals surface area contributed by atoms with Gasteiger partial charge in [0.15, 0.2) is 5.76 Å². The molecule has 0 saturated heterocycles. The largest absolute Gasteiger partial charge is 0.497 e. The number of carbonyl (C=O) groups is 1. The number of methoxy groups -OCH3 is 1. The Morgan fingerprint density at radius 2 is 2.25 bits per heavy atom. The molecule has 0 spiro atoms. The third-order valence-corrected chi connectivity index (χ3v) is 3.53. The number of ether oxygens (including phenoxy) is 2. The maximum Gasteiger partial charge on any atom is 0.361 e.